The van der Waals surface area contributed by atoms with E-state index < -0.39 is 14.8 Å². The largest absolute Gasteiger partial charge is 0.377 e. The van der Waals surface area contributed by atoms with Gasteiger partial charge in [0.05, 0.1) is 26.5 Å². The maximum absolute atomic E-state index is 11.3. The number of anilines is 1. The average molecular weight is 339 g/mol. The SMILES string of the molecule is O=[N+]([O-])c1cc(Cl)c(Cl)cc1NC1CCS(=O)(=O)CC1. The number of sulfone groups is 1. The second-order valence-electron chi connectivity index (χ2n) is 4.61. The molecule has 20 heavy (non-hydrogen) atoms. The Morgan fingerprint density at radius 2 is 1.75 bits per heavy atom. The van der Waals surface area contributed by atoms with Crippen molar-refractivity contribution in [2.24, 2.45) is 0 Å². The smallest absolute Gasteiger partial charge is 0.293 e. The van der Waals surface area contributed by atoms with E-state index >= 15 is 0 Å². The summed E-state index contributed by atoms with van der Waals surface area (Å²) >= 11 is 11.6. The van der Waals surface area contributed by atoms with E-state index in [1.807, 2.05) is 0 Å². The third-order valence-corrected chi connectivity index (χ3v) is 5.59. The minimum Gasteiger partial charge on any atom is -0.377 e. The Morgan fingerprint density at radius 3 is 2.30 bits per heavy atom. The first-order valence-corrected chi connectivity index (χ1v) is 8.46. The minimum atomic E-state index is -2.97. The van der Waals surface area contributed by atoms with Crippen LogP contribution in [-0.4, -0.2) is 30.9 Å². The van der Waals surface area contributed by atoms with Gasteiger partial charge in [0.15, 0.2) is 0 Å². The van der Waals surface area contributed by atoms with Gasteiger partial charge in [-0.15, -0.1) is 0 Å². The Morgan fingerprint density at radius 1 is 1.20 bits per heavy atom. The monoisotopic (exact) mass is 338 g/mol. The van der Waals surface area contributed by atoms with Crippen LogP contribution >= 0.6 is 23.2 Å². The van der Waals surface area contributed by atoms with Crippen molar-refractivity contribution in [3.8, 4) is 0 Å². The number of nitrogens with zero attached hydrogens (tertiary/aromatic N) is 1. The van der Waals surface area contributed by atoms with Crippen molar-refractivity contribution in [2.75, 3.05) is 16.8 Å². The van der Waals surface area contributed by atoms with Gasteiger partial charge in [-0.25, -0.2) is 8.42 Å². The zero-order chi connectivity index (χ0) is 14.9. The minimum absolute atomic E-state index is 0.0831. The molecule has 1 aliphatic rings. The van der Waals surface area contributed by atoms with E-state index in [-0.39, 0.29) is 39.0 Å². The fourth-order valence-electron chi connectivity index (χ4n) is 2.06. The lowest BCUT2D eigenvalue weighted by atomic mass is 10.1. The molecule has 0 radical (unpaired) electrons. The zero-order valence-corrected chi connectivity index (χ0v) is 12.6. The molecule has 0 saturated carbocycles. The number of nitro groups is 1. The summed E-state index contributed by atoms with van der Waals surface area (Å²) < 4.78 is 22.7. The second-order valence-corrected chi connectivity index (χ2v) is 7.73. The van der Waals surface area contributed by atoms with E-state index in [4.69, 9.17) is 23.2 Å². The van der Waals surface area contributed by atoms with Crippen LogP contribution in [0.2, 0.25) is 10.0 Å². The molecule has 6 nitrogen and oxygen atoms in total. The number of benzene rings is 1. The fourth-order valence-corrected chi connectivity index (χ4v) is 3.87. The normalized spacial score (nSPS) is 18.7. The van der Waals surface area contributed by atoms with Gasteiger partial charge in [0.25, 0.3) is 5.69 Å². The number of rotatable bonds is 3. The Balaban J connectivity index is 2.21. The molecule has 9 heteroatoms. The van der Waals surface area contributed by atoms with Crippen molar-refractivity contribution in [2.45, 2.75) is 18.9 Å². The highest BCUT2D eigenvalue weighted by Gasteiger charge is 2.26. The fraction of sp³-hybridized carbons (Fsp3) is 0.455. The van der Waals surface area contributed by atoms with Gasteiger partial charge in [-0.05, 0) is 18.9 Å². The van der Waals surface area contributed by atoms with Crippen molar-refractivity contribution in [3.05, 3.63) is 32.3 Å². The first-order valence-electron chi connectivity index (χ1n) is 5.89. The third kappa shape index (κ3) is 3.53. The van der Waals surface area contributed by atoms with Crippen LogP contribution in [0.25, 0.3) is 0 Å². The van der Waals surface area contributed by atoms with E-state index in [9.17, 15) is 18.5 Å². The van der Waals surface area contributed by atoms with Crippen LogP contribution in [0.5, 0.6) is 0 Å². The number of halogens is 2. The van der Waals surface area contributed by atoms with Crippen LogP contribution < -0.4 is 5.32 Å². The van der Waals surface area contributed by atoms with Gasteiger partial charge in [0.2, 0.25) is 0 Å². The van der Waals surface area contributed by atoms with E-state index in [2.05, 4.69) is 5.32 Å². The van der Waals surface area contributed by atoms with Gasteiger partial charge >= 0.3 is 0 Å². The van der Waals surface area contributed by atoms with Gasteiger partial charge in [0.1, 0.15) is 15.5 Å². The summed E-state index contributed by atoms with van der Waals surface area (Å²) in [5.41, 5.74) is 0.0847. The molecule has 1 saturated heterocycles. The van der Waals surface area contributed by atoms with Crippen LogP contribution in [0, 0.1) is 10.1 Å². The summed E-state index contributed by atoms with van der Waals surface area (Å²) in [5.74, 6) is 0.166. The summed E-state index contributed by atoms with van der Waals surface area (Å²) in [6, 6.07) is 2.45. The lowest BCUT2D eigenvalue weighted by Gasteiger charge is -2.24. The molecular formula is C11H12Cl2N2O4S. The van der Waals surface area contributed by atoms with Crippen molar-refractivity contribution in [3.63, 3.8) is 0 Å². The van der Waals surface area contributed by atoms with Gasteiger partial charge in [-0.2, -0.15) is 0 Å². The Labute approximate surface area is 126 Å². The lowest BCUT2D eigenvalue weighted by Crippen LogP contribution is -2.32. The van der Waals surface area contributed by atoms with Crippen LogP contribution in [-0.2, 0) is 9.84 Å². The highest BCUT2D eigenvalue weighted by molar-refractivity contribution is 7.91. The molecule has 0 atom stereocenters. The maximum atomic E-state index is 11.3. The molecule has 1 aliphatic heterocycles. The summed E-state index contributed by atoms with van der Waals surface area (Å²) in [6.45, 7) is 0. The van der Waals surface area contributed by atoms with Gasteiger partial charge < -0.3 is 5.32 Å². The second kappa shape index (κ2) is 5.75. The average Bonchev–Trinajstić information content (AvgIpc) is 2.35. The molecule has 110 valence electrons. The van der Waals surface area contributed by atoms with Crippen LogP contribution in [0.4, 0.5) is 11.4 Å². The van der Waals surface area contributed by atoms with Gasteiger partial charge in [-0.3, -0.25) is 10.1 Å². The third-order valence-electron chi connectivity index (χ3n) is 3.15. The van der Waals surface area contributed by atoms with Crippen LogP contribution in [0.1, 0.15) is 12.8 Å². The molecule has 0 aliphatic carbocycles. The molecule has 0 amide bonds. The summed E-state index contributed by atoms with van der Waals surface area (Å²) in [6.07, 6.45) is 0.833. The summed E-state index contributed by atoms with van der Waals surface area (Å²) in [5, 5.41) is 14.3. The summed E-state index contributed by atoms with van der Waals surface area (Å²) in [4.78, 5) is 10.4. The highest BCUT2D eigenvalue weighted by atomic mass is 35.5. The molecule has 1 N–H and O–H groups in total. The molecule has 1 aromatic rings. The first-order chi connectivity index (χ1) is 9.28. The van der Waals surface area contributed by atoms with Crippen molar-refractivity contribution in [1.82, 2.24) is 0 Å². The molecule has 2 rings (SSSR count). The standard InChI is InChI=1S/C11H12Cl2N2O4S/c12-8-5-10(11(15(16)17)6-9(8)13)14-7-1-3-20(18,19)4-2-7/h5-7,14H,1-4H2. The van der Waals surface area contributed by atoms with Crippen LogP contribution in [0.15, 0.2) is 12.1 Å². The van der Waals surface area contributed by atoms with Crippen molar-refractivity contribution >= 4 is 44.4 Å². The van der Waals surface area contributed by atoms with Crippen molar-refractivity contribution < 1.29 is 13.3 Å². The summed E-state index contributed by atoms with van der Waals surface area (Å²) in [7, 11) is -2.97. The molecule has 0 aromatic heterocycles. The van der Waals surface area contributed by atoms with Gasteiger partial charge in [-0.1, -0.05) is 23.2 Å². The Kier molecular flexibility index (Phi) is 4.41. The van der Waals surface area contributed by atoms with Crippen LogP contribution in [0.3, 0.4) is 0 Å². The lowest BCUT2D eigenvalue weighted by molar-refractivity contribution is -0.384. The maximum Gasteiger partial charge on any atom is 0.293 e. The van der Waals surface area contributed by atoms with Crippen molar-refractivity contribution in [1.29, 1.82) is 0 Å². The molecule has 1 aromatic carbocycles. The Hall–Kier alpha value is -1.05. The molecule has 0 bridgehead atoms. The molecule has 1 heterocycles. The Bertz CT molecular complexity index is 634. The predicted molar refractivity (Wildman–Crippen MR) is 78.4 cm³/mol. The molecule has 0 unspecified atom stereocenters. The van der Waals surface area contributed by atoms with Gasteiger partial charge in [0, 0.05) is 12.1 Å². The number of nitro benzene ring substituents is 1. The molecule has 0 spiro atoms. The van der Waals surface area contributed by atoms with E-state index in [0.29, 0.717) is 12.8 Å². The quantitative estimate of drug-likeness (QED) is 0.676. The van der Waals surface area contributed by atoms with E-state index in [0.717, 1.165) is 0 Å². The topological polar surface area (TPSA) is 89.3 Å². The predicted octanol–water partition coefficient (Wildman–Crippen LogP) is 2.89. The number of hydrogen-bond acceptors (Lipinski definition) is 5. The van der Waals surface area contributed by atoms with E-state index in [1.165, 1.54) is 12.1 Å². The molecular weight excluding hydrogens is 327 g/mol. The first kappa shape index (κ1) is 15.3. The number of nitrogens with one attached hydrogen (secondary N) is 1. The molecule has 1 fully saturated rings. The number of hydrogen-bond donors (Lipinski definition) is 1. The zero-order valence-electron chi connectivity index (χ0n) is 10.3. The highest BCUT2D eigenvalue weighted by Crippen LogP contribution is 2.35. The van der Waals surface area contributed by atoms with E-state index in [1.54, 1.807) is 0 Å².